The predicted molar refractivity (Wildman–Crippen MR) is 66.6 cm³/mol. The number of hydrogen-bond donors (Lipinski definition) is 1. The van der Waals surface area contributed by atoms with E-state index in [2.05, 4.69) is 9.97 Å². The van der Waals surface area contributed by atoms with Gasteiger partial charge in [0, 0.05) is 12.7 Å². The van der Waals surface area contributed by atoms with Crippen LogP contribution in [0.4, 0.5) is 13.2 Å². The molecule has 0 aliphatic carbocycles. The van der Waals surface area contributed by atoms with Crippen LogP contribution in [-0.4, -0.2) is 37.5 Å². The highest BCUT2D eigenvalue weighted by atomic mass is 32.2. The van der Waals surface area contributed by atoms with Crippen LogP contribution in [0, 0.1) is 0 Å². The number of aliphatic carboxylic acids is 1. The summed E-state index contributed by atoms with van der Waals surface area (Å²) in [6.07, 6.45) is -3.85. The highest BCUT2D eigenvalue weighted by Crippen LogP contribution is 2.26. The Morgan fingerprint density at radius 1 is 1.45 bits per heavy atom. The molecule has 20 heavy (non-hydrogen) atoms. The lowest BCUT2D eigenvalue weighted by atomic mass is 10.4. The van der Waals surface area contributed by atoms with Crippen LogP contribution in [0.3, 0.4) is 0 Å². The molecule has 2 aromatic rings. The number of thioether (sulfide) groups is 1. The quantitative estimate of drug-likeness (QED) is 0.860. The summed E-state index contributed by atoms with van der Waals surface area (Å²) >= 11 is 0.876. The Morgan fingerprint density at radius 3 is 2.85 bits per heavy atom. The van der Waals surface area contributed by atoms with Crippen LogP contribution in [0.5, 0.6) is 0 Å². The minimum absolute atomic E-state index is 0.227. The lowest BCUT2D eigenvalue weighted by Gasteiger charge is -2.09. The molecular weight excluding hydrogens is 295 g/mol. The number of carboxylic acids is 1. The van der Waals surface area contributed by atoms with Gasteiger partial charge in [0.05, 0.1) is 12.2 Å². The van der Waals surface area contributed by atoms with Crippen LogP contribution in [0.15, 0.2) is 23.5 Å². The number of nitrogens with zero attached hydrogens (tertiary/aromatic N) is 3. The van der Waals surface area contributed by atoms with Crippen LogP contribution < -0.4 is 0 Å². The minimum atomic E-state index is -4.29. The first kappa shape index (κ1) is 14.6. The molecule has 2 rings (SSSR count). The van der Waals surface area contributed by atoms with E-state index in [0.29, 0.717) is 11.2 Å². The maximum Gasteiger partial charge on any atom is 0.390 e. The molecule has 0 aliphatic rings. The third kappa shape index (κ3) is 3.62. The summed E-state index contributed by atoms with van der Waals surface area (Å²) in [4.78, 5) is 18.7. The number of alkyl halides is 3. The van der Waals surface area contributed by atoms with E-state index in [1.165, 1.54) is 10.8 Å². The molecule has 0 atom stereocenters. The van der Waals surface area contributed by atoms with Crippen molar-refractivity contribution < 1.29 is 23.1 Å². The van der Waals surface area contributed by atoms with Gasteiger partial charge in [-0.15, -0.1) is 0 Å². The number of carboxylic acid groups (broad SMARTS) is 1. The third-order valence-corrected chi connectivity index (χ3v) is 3.37. The summed E-state index contributed by atoms with van der Waals surface area (Å²) in [7, 11) is 0. The van der Waals surface area contributed by atoms with Gasteiger partial charge < -0.3 is 9.67 Å². The molecule has 1 N–H and O–H groups in total. The molecule has 108 valence electrons. The lowest BCUT2D eigenvalue weighted by molar-refractivity contribution is -0.137. The number of aromatic nitrogens is 3. The summed E-state index contributed by atoms with van der Waals surface area (Å²) in [5.74, 6) is -1.33. The Morgan fingerprint density at radius 2 is 2.20 bits per heavy atom. The van der Waals surface area contributed by atoms with Crippen LogP contribution in [-0.2, 0) is 11.3 Å². The van der Waals surface area contributed by atoms with Crippen molar-refractivity contribution in [1.29, 1.82) is 0 Å². The van der Waals surface area contributed by atoms with Crippen molar-refractivity contribution in [3.8, 4) is 0 Å². The van der Waals surface area contributed by atoms with E-state index in [9.17, 15) is 18.0 Å². The smallest absolute Gasteiger partial charge is 0.390 e. The van der Waals surface area contributed by atoms with Gasteiger partial charge in [-0.25, -0.2) is 9.97 Å². The van der Waals surface area contributed by atoms with Crippen molar-refractivity contribution >= 4 is 28.9 Å². The zero-order valence-electron chi connectivity index (χ0n) is 10.1. The average Bonchev–Trinajstić information content (AvgIpc) is 2.70. The molecular formula is C11H10F3N3O2S. The van der Waals surface area contributed by atoms with Crippen LogP contribution in [0.1, 0.15) is 6.42 Å². The van der Waals surface area contributed by atoms with E-state index in [4.69, 9.17) is 5.11 Å². The van der Waals surface area contributed by atoms with Gasteiger partial charge in [-0.1, -0.05) is 11.8 Å². The highest BCUT2D eigenvalue weighted by Gasteiger charge is 2.28. The van der Waals surface area contributed by atoms with Gasteiger partial charge in [-0.3, -0.25) is 4.79 Å². The van der Waals surface area contributed by atoms with E-state index >= 15 is 0 Å². The molecule has 0 bridgehead atoms. The summed E-state index contributed by atoms with van der Waals surface area (Å²) in [5.41, 5.74) is 0.771. The van der Waals surface area contributed by atoms with E-state index in [1.54, 1.807) is 12.1 Å². The second-order valence-electron chi connectivity index (χ2n) is 3.94. The van der Waals surface area contributed by atoms with Gasteiger partial charge in [-0.2, -0.15) is 13.2 Å². The topological polar surface area (TPSA) is 68.0 Å². The molecule has 0 aromatic carbocycles. The number of rotatable bonds is 5. The minimum Gasteiger partial charge on any atom is -0.481 e. The second-order valence-corrected chi connectivity index (χ2v) is 4.88. The van der Waals surface area contributed by atoms with E-state index < -0.39 is 18.6 Å². The van der Waals surface area contributed by atoms with Crippen LogP contribution in [0.25, 0.3) is 11.2 Å². The fraction of sp³-hybridized carbons (Fsp3) is 0.364. The lowest BCUT2D eigenvalue weighted by Crippen LogP contribution is -2.13. The second kappa shape index (κ2) is 5.70. The van der Waals surface area contributed by atoms with Gasteiger partial charge in [-0.05, 0) is 12.1 Å². The Labute approximate surface area is 115 Å². The van der Waals surface area contributed by atoms with Crippen molar-refractivity contribution in [1.82, 2.24) is 14.5 Å². The molecule has 0 amide bonds. The molecule has 0 fully saturated rings. The molecule has 0 spiro atoms. The number of carbonyl (C=O) groups is 1. The standard InChI is InChI=1S/C11H10F3N3O2S/c12-11(13,14)3-5-17-9-7(2-1-4-15-9)16-10(17)20-6-8(18)19/h1-2,4H,3,5-6H2,(H,18,19). The number of hydrogen-bond acceptors (Lipinski definition) is 4. The first-order chi connectivity index (χ1) is 9.37. The molecule has 0 radical (unpaired) electrons. The van der Waals surface area contributed by atoms with Crippen LogP contribution >= 0.6 is 11.8 Å². The monoisotopic (exact) mass is 305 g/mol. The molecule has 5 nitrogen and oxygen atoms in total. The zero-order valence-corrected chi connectivity index (χ0v) is 10.9. The maximum absolute atomic E-state index is 12.3. The fourth-order valence-electron chi connectivity index (χ4n) is 1.61. The highest BCUT2D eigenvalue weighted by molar-refractivity contribution is 7.99. The summed E-state index contributed by atoms with van der Waals surface area (Å²) in [6, 6.07) is 3.24. The summed E-state index contributed by atoms with van der Waals surface area (Å²) < 4.78 is 38.3. The van der Waals surface area contributed by atoms with E-state index in [0.717, 1.165) is 11.8 Å². The first-order valence-corrected chi connectivity index (χ1v) is 6.58. The summed E-state index contributed by atoms with van der Waals surface area (Å²) in [6.45, 7) is -0.334. The third-order valence-electron chi connectivity index (χ3n) is 2.41. The molecule has 0 saturated heterocycles. The van der Waals surface area contributed by atoms with Crippen molar-refractivity contribution in [2.24, 2.45) is 0 Å². The molecule has 0 aliphatic heterocycles. The van der Waals surface area contributed by atoms with Gasteiger partial charge in [0.2, 0.25) is 0 Å². The normalized spacial score (nSPS) is 11.9. The summed E-state index contributed by atoms with van der Waals surface area (Å²) in [5, 5.41) is 8.87. The zero-order chi connectivity index (χ0) is 14.8. The van der Waals surface area contributed by atoms with Gasteiger partial charge in [0.15, 0.2) is 10.8 Å². The largest absolute Gasteiger partial charge is 0.481 e. The Kier molecular flexibility index (Phi) is 4.17. The van der Waals surface area contributed by atoms with Crippen LogP contribution in [0.2, 0.25) is 0 Å². The molecule has 2 aromatic heterocycles. The predicted octanol–water partition coefficient (Wildman–Crippen LogP) is 2.56. The fourth-order valence-corrected chi connectivity index (χ4v) is 2.36. The van der Waals surface area contributed by atoms with Crippen molar-refractivity contribution in [3.63, 3.8) is 0 Å². The maximum atomic E-state index is 12.3. The van der Waals surface area contributed by atoms with Crippen molar-refractivity contribution in [2.75, 3.05) is 5.75 Å². The SMILES string of the molecule is O=C(O)CSc1nc2cccnc2n1CCC(F)(F)F. The van der Waals surface area contributed by atoms with Gasteiger partial charge in [0.1, 0.15) is 5.52 Å². The molecule has 0 unspecified atom stereocenters. The average molecular weight is 305 g/mol. The molecule has 2 heterocycles. The van der Waals surface area contributed by atoms with Crippen molar-refractivity contribution in [3.05, 3.63) is 18.3 Å². The van der Waals surface area contributed by atoms with Crippen molar-refractivity contribution in [2.45, 2.75) is 24.3 Å². The van der Waals surface area contributed by atoms with Gasteiger partial charge >= 0.3 is 12.1 Å². The number of aryl methyl sites for hydroxylation is 1. The van der Waals surface area contributed by atoms with E-state index in [-0.39, 0.29) is 17.5 Å². The number of imidazole rings is 1. The van der Waals surface area contributed by atoms with Gasteiger partial charge in [0.25, 0.3) is 0 Å². The Hall–Kier alpha value is -1.77. The number of fused-ring (bicyclic) bond motifs is 1. The number of pyridine rings is 1. The molecule has 9 heteroatoms. The van der Waals surface area contributed by atoms with E-state index in [1.807, 2.05) is 0 Å². The first-order valence-electron chi connectivity index (χ1n) is 5.59. The Balaban J connectivity index is 2.31. The Bertz CT molecular complexity index is 627. The number of halogens is 3. The molecule has 0 saturated carbocycles.